The van der Waals surface area contributed by atoms with Crippen molar-refractivity contribution in [2.45, 2.75) is 12.1 Å². The van der Waals surface area contributed by atoms with Gasteiger partial charge < -0.3 is 4.74 Å². The predicted molar refractivity (Wildman–Crippen MR) is 134 cm³/mol. The molecule has 11 heteroatoms. The van der Waals surface area contributed by atoms with E-state index in [0.717, 1.165) is 17.0 Å². The smallest absolute Gasteiger partial charge is 0.250 e. The van der Waals surface area contributed by atoms with Crippen LogP contribution in [0.3, 0.4) is 0 Å². The SMILES string of the molecule is CCOc1ccc(-n2c(SCC(=O)N/N=C\c3c(F)cccc3Cl)nnc2-c2cccnc2)cc1. The minimum absolute atomic E-state index is 0.00451. The first-order valence-corrected chi connectivity index (χ1v) is 11.9. The van der Waals surface area contributed by atoms with Crippen molar-refractivity contribution in [3.63, 3.8) is 0 Å². The maximum atomic E-state index is 13.8. The first kappa shape index (κ1) is 24.4. The average Bonchev–Trinajstić information content (AvgIpc) is 3.30. The Kier molecular flexibility index (Phi) is 8.07. The quantitative estimate of drug-likeness (QED) is 0.198. The number of halogens is 2. The normalized spacial score (nSPS) is 11.1. The van der Waals surface area contributed by atoms with Gasteiger partial charge in [-0.2, -0.15) is 5.10 Å². The van der Waals surface area contributed by atoms with E-state index in [1.54, 1.807) is 12.4 Å². The highest BCUT2D eigenvalue weighted by Gasteiger charge is 2.17. The van der Waals surface area contributed by atoms with Gasteiger partial charge in [-0.3, -0.25) is 14.3 Å². The summed E-state index contributed by atoms with van der Waals surface area (Å²) in [6.07, 6.45) is 4.54. The van der Waals surface area contributed by atoms with Crippen LogP contribution in [0, 0.1) is 5.82 Å². The summed E-state index contributed by atoms with van der Waals surface area (Å²) in [7, 11) is 0. The van der Waals surface area contributed by atoms with Gasteiger partial charge in [0.2, 0.25) is 0 Å². The molecule has 0 unspecified atom stereocenters. The van der Waals surface area contributed by atoms with Gasteiger partial charge in [0.25, 0.3) is 5.91 Å². The first-order chi connectivity index (χ1) is 17.1. The second kappa shape index (κ2) is 11.6. The van der Waals surface area contributed by atoms with Crippen molar-refractivity contribution >= 4 is 35.5 Å². The molecule has 2 aromatic heterocycles. The molecule has 1 N–H and O–H groups in total. The van der Waals surface area contributed by atoms with E-state index in [9.17, 15) is 9.18 Å². The van der Waals surface area contributed by atoms with Gasteiger partial charge in [-0.25, -0.2) is 9.82 Å². The molecule has 0 aliphatic heterocycles. The van der Waals surface area contributed by atoms with Crippen molar-refractivity contribution in [2.24, 2.45) is 5.10 Å². The van der Waals surface area contributed by atoms with Crippen LogP contribution in [0.4, 0.5) is 4.39 Å². The number of amides is 1. The summed E-state index contributed by atoms with van der Waals surface area (Å²) in [6, 6.07) is 15.5. The van der Waals surface area contributed by atoms with Crippen molar-refractivity contribution < 1.29 is 13.9 Å². The Morgan fingerprint density at radius 3 is 2.74 bits per heavy atom. The molecule has 0 saturated heterocycles. The Hall–Kier alpha value is -3.76. The van der Waals surface area contributed by atoms with Gasteiger partial charge in [0.15, 0.2) is 11.0 Å². The van der Waals surface area contributed by atoms with Crippen LogP contribution in [-0.4, -0.2) is 44.2 Å². The van der Waals surface area contributed by atoms with Crippen LogP contribution in [0.2, 0.25) is 5.02 Å². The highest BCUT2D eigenvalue weighted by molar-refractivity contribution is 7.99. The molecule has 4 aromatic rings. The molecule has 0 aliphatic carbocycles. The third kappa shape index (κ3) is 6.03. The highest BCUT2D eigenvalue weighted by Crippen LogP contribution is 2.28. The molecular weight excluding hydrogens is 491 g/mol. The van der Waals surface area contributed by atoms with Gasteiger partial charge in [0.1, 0.15) is 11.6 Å². The van der Waals surface area contributed by atoms with Gasteiger partial charge in [-0.05, 0) is 55.5 Å². The van der Waals surface area contributed by atoms with E-state index in [1.807, 2.05) is 47.9 Å². The number of hydrogen-bond acceptors (Lipinski definition) is 7. The molecule has 0 fully saturated rings. The number of nitrogens with zero attached hydrogens (tertiary/aromatic N) is 5. The largest absolute Gasteiger partial charge is 0.494 e. The zero-order valence-electron chi connectivity index (χ0n) is 18.6. The predicted octanol–water partition coefficient (Wildman–Crippen LogP) is 4.76. The molecule has 0 bridgehead atoms. The number of pyridine rings is 1. The van der Waals surface area contributed by atoms with Crippen LogP contribution < -0.4 is 10.2 Å². The second-order valence-electron chi connectivity index (χ2n) is 7.03. The topological polar surface area (TPSA) is 94.3 Å². The van der Waals surface area contributed by atoms with Crippen molar-refractivity contribution in [2.75, 3.05) is 12.4 Å². The molecule has 0 atom stereocenters. The Morgan fingerprint density at radius 1 is 1.20 bits per heavy atom. The molecule has 4 rings (SSSR count). The number of aromatic nitrogens is 4. The minimum atomic E-state index is -0.531. The number of hydrogen-bond donors (Lipinski definition) is 1. The fraction of sp³-hybridized carbons (Fsp3) is 0.125. The summed E-state index contributed by atoms with van der Waals surface area (Å²) < 4.78 is 21.2. The van der Waals surface area contributed by atoms with Crippen molar-refractivity contribution in [1.29, 1.82) is 0 Å². The van der Waals surface area contributed by atoms with Crippen LogP contribution in [0.25, 0.3) is 17.1 Å². The van der Waals surface area contributed by atoms with E-state index in [4.69, 9.17) is 16.3 Å². The van der Waals surface area contributed by atoms with Crippen molar-refractivity contribution in [3.05, 3.63) is 83.4 Å². The molecule has 0 spiro atoms. The molecule has 0 radical (unpaired) electrons. The molecule has 0 saturated carbocycles. The fourth-order valence-corrected chi connectivity index (χ4v) is 4.06. The number of carbonyl (C=O) groups excluding carboxylic acids is 1. The summed E-state index contributed by atoms with van der Waals surface area (Å²) in [6.45, 7) is 2.48. The molecule has 8 nitrogen and oxygen atoms in total. The van der Waals surface area contributed by atoms with Gasteiger partial charge >= 0.3 is 0 Å². The number of rotatable bonds is 9. The van der Waals surface area contributed by atoms with Crippen LogP contribution in [0.15, 0.2) is 77.2 Å². The number of ether oxygens (including phenoxy) is 1. The van der Waals surface area contributed by atoms with Crippen LogP contribution >= 0.6 is 23.4 Å². The zero-order valence-corrected chi connectivity index (χ0v) is 20.1. The first-order valence-electron chi connectivity index (χ1n) is 10.5. The second-order valence-corrected chi connectivity index (χ2v) is 8.38. The Bertz CT molecular complexity index is 1310. The summed E-state index contributed by atoms with van der Waals surface area (Å²) in [5.41, 5.74) is 4.04. The van der Waals surface area contributed by atoms with E-state index >= 15 is 0 Å². The van der Waals surface area contributed by atoms with Crippen LogP contribution in [0.1, 0.15) is 12.5 Å². The van der Waals surface area contributed by atoms with E-state index < -0.39 is 11.7 Å². The maximum Gasteiger partial charge on any atom is 0.250 e. The Balaban J connectivity index is 1.52. The Labute approximate surface area is 210 Å². The molecular formula is C24H20ClFN6O2S. The van der Waals surface area contributed by atoms with Crippen molar-refractivity contribution in [3.8, 4) is 22.8 Å². The van der Waals surface area contributed by atoms with Gasteiger partial charge in [-0.15, -0.1) is 10.2 Å². The number of benzene rings is 2. The third-order valence-electron chi connectivity index (χ3n) is 4.67. The number of nitrogens with one attached hydrogen (secondary N) is 1. The summed E-state index contributed by atoms with van der Waals surface area (Å²) in [5.74, 6) is 0.398. The molecule has 2 heterocycles. The van der Waals surface area contributed by atoms with Gasteiger partial charge in [0.05, 0.1) is 23.6 Å². The minimum Gasteiger partial charge on any atom is -0.494 e. The summed E-state index contributed by atoms with van der Waals surface area (Å²) in [5, 5.41) is 13.1. The highest BCUT2D eigenvalue weighted by atomic mass is 35.5. The van der Waals surface area contributed by atoms with Crippen molar-refractivity contribution in [1.82, 2.24) is 25.2 Å². The monoisotopic (exact) mass is 510 g/mol. The maximum absolute atomic E-state index is 13.8. The van der Waals surface area contributed by atoms with Crippen LogP contribution in [-0.2, 0) is 4.79 Å². The molecule has 35 heavy (non-hydrogen) atoms. The van der Waals surface area contributed by atoms with E-state index in [-0.39, 0.29) is 16.3 Å². The lowest BCUT2D eigenvalue weighted by atomic mass is 10.2. The lowest BCUT2D eigenvalue weighted by Crippen LogP contribution is -2.20. The number of thioether (sulfide) groups is 1. The van der Waals surface area contributed by atoms with E-state index in [0.29, 0.717) is 17.6 Å². The van der Waals surface area contributed by atoms with E-state index in [1.165, 1.54) is 36.2 Å². The summed E-state index contributed by atoms with van der Waals surface area (Å²) >= 11 is 7.15. The number of hydrazone groups is 1. The Morgan fingerprint density at radius 2 is 2.03 bits per heavy atom. The lowest BCUT2D eigenvalue weighted by molar-refractivity contribution is -0.118. The molecule has 178 valence electrons. The molecule has 1 amide bonds. The zero-order chi connectivity index (χ0) is 24.6. The van der Waals surface area contributed by atoms with Crippen LogP contribution in [0.5, 0.6) is 5.75 Å². The standard InChI is InChI=1S/C24H20ClFN6O2S/c1-2-34-18-10-8-17(9-11-18)32-23(16-5-4-12-27-13-16)30-31-24(32)35-15-22(33)29-28-14-19-20(25)6-3-7-21(19)26/h3-14H,2,15H2,1H3,(H,29,33)/b28-14-. The van der Waals surface area contributed by atoms with Gasteiger partial charge in [-0.1, -0.05) is 29.4 Å². The van der Waals surface area contributed by atoms with Gasteiger partial charge in [0, 0.05) is 29.2 Å². The number of carbonyl (C=O) groups is 1. The summed E-state index contributed by atoms with van der Waals surface area (Å²) in [4.78, 5) is 16.5. The average molecular weight is 511 g/mol. The molecule has 0 aliphatic rings. The fourth-order valence-electron chi connectivity index (χ4n) is 3.10. The third-order valence-corrected chi connectivity index (χ3v) is 5.93. The lowest BCUT2D eigenvalue weighted by Gasteiger charge is -2.11. The molecule has 2 aromatic carbocycles. The van der Waals surface area contributed by atoms with E-state index in [2.05, 4.69) is 25.7 Å².